The Morgan fingerprint density at radius 2 is 2.13 bits per heavy atom. The molecule has 0 aliphatic rings. The van der Waals surface area contributed by atoms with Crippen LogP contribution in [0, 0.1) is 5.82 Å². The van der Waals surface area contributed by atoms with Crippen LogP contribution in [0.25, 0.3) is 0 Å². The summed E-state index contributed by atoms with van der Waals surface area (Å²) in [6, 6.07) is 7.15. The predicted molar refractivity (Wildman–Crippen MR) is 56.1 cm³/mol. The summed E-state index contributed by atoms with van der Waals surface area (Å²) >= 11 is 5.88. The molecule has 0 spiro atoms. The highest BCUT2D eigenvalue weighted by atomic mass is 35.5. The minimum absolute atomic E-state index is 0.305. The number of hydrogen-bond acceptors (Lipinski definition) is 2. The molecule has 1 aromatic carbocycles. The van der Waals surface area contributed by atoms with Crippen LogP contribution in [0.5, 0.6) is 0 Å². The summed E-state index contributed by atoms with van der Waals surface area (Å²) in [6.45, 7) is 0. The first-order chi connectivity index (χ1) is 7.18. The van der Waals surface area contributed by atoms with Crippen molar-refractivity contribution >= 4 is 11.6 Å². The summed E-state index contributed by atoms with van der Waals surface area (Å²) in [7, 11) is 0. The standard InChI is InChI=1S/C11H9ClFNO/c12-9-6-7(13)3-4-8(9)11(14)10-2-1-5-15-10/h1-6,11H,14H2. The molecule has 2 N–H and O–H groups in total. The molecule has 2 rings (SSSR count). The first kappa shape index (κ1) is 10.2. The van der Waals surface area contributed by atoms with Crippen molar-refractivity contribution in [2.75, 3.05) is 0 Å². The Kier molecular flexibility index (Phi) is 2.75. The van der Waals surface area contributed by atoms with Gasteiger partial charge in [-0.2, -0.15) is 0 Å². The number of nitrogens with two attached hydrogens (primary N) is 1. The zero-order chi connectivity index (χ0) is 10.8. The Labute approximate surface area is 91.5 Å². The molecule has 0 saturated heterocycles. The highest BCUT2D eigenvalue weighted by Gasteiger charge is 2.14. The molecule has 0 amide bonds. The zero-order valence-electron chi connectivity index (χ0n) is 7.78. The zero-order valence-corrected chi connectivity index (χ0v) is 8.54. The van der Waals surface area contributed by atoms with E-state index in [-0.39, 0.29) is 5.82 Å². The number of halogens is 2. The van der Waals surface area contributed by atoms with Crippen molar-refractivity contribution in [1.82, 2.24) is 0 Å². The van der Waals surface area contributed by atoms with Crippen LogP contribution in [0.15, 0.2) is 41.0 Å². The first-order valence-corrected chi connectivity index (χ1v) is 4.80. The largest absolute Gasteiger partial charge is 0.467 e. The number of rotatable bonds is 2. The molecule has 2 nitrogen and oxygen atoms in total. The van der Waals surface area contributed by atoms with Gasteiger partial charge in [0.05, 0.1) is 12.3 Å². The van der Waals surface area contributed by atoms with Gasteiger partial charge in [-0.1, -0.05) is 17.7 Å². The average Bonchev–Trinajstić information content (AvgIpc) is 2.69. The van der Waals surface area contributed by atoms with Gasteiger partial charge in [-0.05, 0) is 29.8 Å². The van der Waals surface area contributed by atoms with Gasteiger partial charge < -0.3 is 10.2 Å². The molecule has 1 atom stereocenters. The highest BCUT2D eigenvalue weighted by Crippen LogP contribution is 2.27. The average molecular weight is 226 g/mol. The Balaban J connectivity index is 2.38. The lowest BCUT2D eigenvalue weighted by atomic mass is 10.1. The second-order valence-electron chi connectivity index (χ2n) is 3.16. The van der Waals surface area contributed by atoms with E-state index in [0.717, 1.165) is 0 Å². The van der Waals surface area contributed by atoms with Gasteiger partial charge in [0.25, 0.3) is 0 Å². The van der Waals surface area contributed by atoms with Crippen LogP contribution in [0.1, 0.15) is 17.4 Å². The summed E-state index contributed by atoms with van der Waals surface area (Å²) in [6.07, 6.45) is 1.53. The Morgan fingerprint density at radius 1 is 1.33 bits per heavy atom. The molecule has 78 valence electrons. The Bertz CT molecular complexity index is 456. The van der Waals surface area contributed by atoms with Crippen LogP contribution in [-0.4, -0.2) is 0 Å². The third kappa shape index (κ3) is 2.03. The van der Waals surface area contributed by atoms with E-state index in [0.29, 0.717) is 16.3 Å². The van der Waals surface area contributed by atoms with E-state index in [4.69, 9.17) is 21.8 Å². The third-order valence-electron chi connectivity index (χ3n) is 2.15. The fourth-order valence-electron chi connectivity index (χ4n) is 1.38. The quantitative estimate of drug-likeness (QED) is 0.853. The van der Waals surface area contributed by atoms with Gasteiger partial charge in [0, 0.05) is 5.02 Å². The van der Waals surface area contributed by atoms with E-state index in [1.54, 1.807) is 18.2 Å². The van der Waals surface area contributed by atoms with Crippen molar-refractivity contribution in [2.45, 2.75) is 6.04 Å². The van der Waals surface area contributed by atoms with Crippen molar-refractivity contribution in [2.24, 2.45) is 5.73 Å². The maximum Gasteiger partial charge on any atom is 0.125 e. The normalized spacial score (nSPS) is 12.7. The molecule has 0 saturated carbocycles. The second kappa shape index (κ2) is 4.04. The lowest BCUT2D eigenvalue weighted by Crippen LogP contribution is -2.11. The molecule has 2 aromatic rings. The van der Waals surface area contributed by atoms with E-state index in [9.17, 15) is 4.39 Å². The molecule has 0 fully saturated rings. The fraction of sp³-hybridized carbons (Fsp3) is 0.0909. The Hall–Kier alpha value is -1.32. The maximum absolute atomic E-state index is 12.8. The van der Waals surface area contributed by atoms with Gasteiger partial charge in [0.15, 0.2) is 0 Å². The van der Waals surface area contributed by atoms with Crippen LogP contribution in [0.4, 0.5) is 4.39 Å². The van der Waals surface area contributed by atoms with Gasteiger partial charge in [-0.3, -0.25) is 0 Å². The molecule has 0 bridgehead atoms. The lowest BCUT2D eigenvalue weighted by Gasteiger charge is -2.10. The molecule has 4 heteroatoms. The molecule has 1 unspecified atom stereocenters. The van der Waals surface area contributed by atoms with Crippen LogP contribution >= 0.6 is 11.6 Å². The molecule has 1 heterocycles. The van der Waals surface area contributed by atoms with E-state index < -0.39 is 6.04 Å². The molecule has 0 aliphatic carbocycles. The monoisotopic (exact) mass is 225 g/mol. The van der Waals surface area contributed by atoms with E-state index in [1.165, 1.54) is 18.4 Å². The van der Waals surface area contributed by atoms with Gasteiger partial charge in [0.1, 0.15) is 11.6 Å². The molecule has 1 aromatic heterocycles. The minimum Gasteiger partial charge on any atom is -0.467 e. The predicted octanol–water partition coefficient (Wildman–Crippen LogP) is 3.12. The summed E-state index contributed by atoms with van der Waals surface area (Å²) < 4.78 is 18.0. The summed E-state index contributed by atoms with van der Waals surface area (Å²) in [5.41, 5.74) is 6.56. The fourth-order valence-corrected chi connectivity index (χ4v) is 1.66. The number of furan rings is 1. The van der Waals surface area contributed by atoms with E-state index >= 15 is 0 Å². The van der Waals surface area contributed by atoms with Gasteiger partial charge >= 0.3 is 0 Å². The van der Waals surface area contributed by atoms with Gasteiger partial charge in [-0.25, -0.2) is 4.39 Å². The van der Waals surface area contributed by atoms with E-state index in [2.05, 4.69) is 0 Å². The second-order valence-corrected chi connectivity index (χ2v) is 3.57. The number of hydrogen-bond donors (Lipinski definition) is 1. The molecule has 15 heavy (non-hydrogen) atoms. The van der Waals surface area contributed by atoms with Crippen molar-refractivity contribution < 1.29 is 8.81 Å². The van der Waals surface area contributed by atoms with E-state index in [1.807, 2.05) is 0 Å². The molecule has 0 radical (unpaired) electrons. The van der Waals surface area contributed by atoms with Crippen molar-refractivity contribution in [3.8, 4) is 0 Å². The summed E-state index contributed by atoms with van der Waals surface area (Å²) in [5, 5.41) is 0.305. The summed E-state index contributed by atoms with van der Waals surface area (Å²) in [4.78, 5) is 0. The highest BCUT2D eigenvalue weighted by molar-refractivity contribution is 6.31. The molecular weight excluding hydrogens is 217 g/mol. The third-order valence-corrected chi connectivity index (χ3v) is 2.47. The van der Waals surface area contributed by atoms with Crippen LogP contribution in [0.3, 0.4) is 0 Å². The Morgan fingerprint density at radius 3 is 2.73 bits per heavy atom. The SMILES string of the molecule is NC(c1ccco1)c1ccc(F)cc1Cl. The topological polar surface area (TPSA) is 39.2 Å². The maximum atomic E-state index is 12.8. The van der Waals surface area contributed by atoms with Crippen LogP contribution in [-0.2, 0) is 0 Å². The number of benzene rings is 1. The van der Waals surface area contributed by atoms with Crippen LogP contribution in [0.2, 0.25) is 5.02 Å². The molecular formula is C11H9ClFNO. The first-order valence-electron chi connectivity index (χ1n) is 4.42. The van der Waals surface area contributed by atoms with Gasteiger partial charge in [-0.15, -0.1) is 0 Å². The lowest BCUT2D eigenvalue weighted by molar-refractivity contribution is 0.489. The summed E-state index contributed by atoms with van der Waals surface area (Å²) in [5.74, 6) is 0.221. The van der Waals surface area contributed by atoms with Gasteiger partial charge in [0.2, 0.25) is 0 Å². The van der Waals surface area contributed by atoms with Crippen LogP contribution < -0.4 is 5.73 Å². The minimum atomic E-state index is -0.465. The smallest absolute Gasteiger partial charge is 0.125 e. The van der Waals surface area contributed by atoms with Crippen molar-refractivity contribution in [3.63, 3.8) is 0 Å². The van der Waals surface area contributed by atoms with Crippen molar-refractivity contribution in [3.05, 3.63) is 58.8 Å². The molecule has 0 aliphatic heterocycles. The van der Waals surface area contributed by atoms with Crippen molar-refractivity contribution in [1.29, 1.82) is 0 Å².